The number of primary sulfonamides is 1. The summed E-state index contributed by atoms with van der Waals surface area (Å²) in [7, 11) is -4.01. The monoisotopic (exact) mass is 588 g/mol. The zero-order chi connectivity index (χ0) is 30.0. The molecule has 214 valence electrons. The van der Waals surface area contributed by atoms with Crippen molar-refractivity contribution in [2.75, 3.05) is 6.54 Å². The molecule has 2 heterocycles. The molecule has 0 aliphatic rings. The maximum atomic E-state index is 14.4. The van der Waals surface area contributed by atoms with Crippen molar-refractivity contribution in [1.82, 2.24) is 14.9 Å². The number of halogens is 2. The van der Waals surface area contributed by atoms with Crippen LogP contribution >= 0.6 is 0 Å². The molecule has 3 N–H and O–H groups in total. The van der Waals surface area contributed by atoms with E-state index in [2.05, 4.69) is 10.3 Å². The Balaban J connectivity index is 1.52. The Bertz CT molecular complexity index is 1970. The first-order chi connectivity index (χ1) is 20.0. The van der Waals surface area contributed by atoms with Crippen molar-refractivity contribution >= 4 is 26.8 Å². The maximum absolute atomic E-state index is 14.4. The predicted octanol–water partition coefficient (Wildman–Crippen LogP) is 4.25. The number of carbonyl (C=O) groups excluding carboxylic acids is 1. The Labute approximate surface area is 240 Å². The van der Waals surface area contributed by atoms with Gasteiger partial charge < -0.3 is 5.32 Å². The number of pyridine rings is 2. The van der Waals surface area contributed by atoms with Crippen LogP contribution in [-0.2, 0) is 21.4 Å². The Hall–Kier alpha value is -4.74. The lowest BCUT2D eigenvalue weighted by molar-refractivity contribution is -0.121. The van der Waals surface area contributed by atoms with E-state index >= 15 is 0 Å². The molecule has 1 amide bonds. The minimum atomic E-state index is -4.01. The smallest absolute Gasteiger partial charge is 0.251 e. The van der Waals surface area contributed by atoms with Crippen molar-refractivity contribution in [3.05, 3.63) is 130 Å². The molecule has 0 aliphatic heterocycles. The molecule has 1 atom stereocenters. The van der Waals surface area contributed by atoms with Gasteiger partial charge in [-0.1, -0.05) is 36.4 Å². The summed E-state index contributed by atoms with van der Waals surface area (Å²) in [6.07, 6.45) is 1.49. The molecule has 42 heavy (non-hydrogen) atoms. The first kappa shape index (κ1) is 28.8. The van der Waals surface area contributed by atoms with Gasteiger partial charge in [-0.25, -0.2) is 22.3 Å². The summed E-state index contributed by atoms with van der Waals surface area (Å²) in [5.41, 5.74) is 2.52. The van der Waals surface area contributed by atoms with Gasteiger partial charge in [0, 0.05) is 41.7 Å². The number of aromatic nitrogens is 2. The minimum Gasteiger partial charge on any atom is -0.354 e. The number of nitrogens with two attached hydrogens (primary N) is 1. The van der Waals surface area contributed by atoms with Crippen molar-refractivity contribution < 1.29 is 22.0 Å². The van der Waals surface area contributed by atoms with Crippen molar-refractivity contribution in [3.63, 3.8) is 0 Å². The number of benzene rings is 3. The summed E-state index contributed by atoms with van der Waals surface area (Å²) in [5.74, 6) is -2.97. The van der Waals surface area contributed by atoms with Crippen LogP contribution in [0.4, 0.5) is 8.78 Å². The van der Waals surface area contributed by atoms with E-state index in [9.17, 15) is 26.8 Å². The molecule has 5 aromatic rings. The molecule has 11 heteroatoms. The van der Waals surface area contributed by atoms with E-state index in [1.165, 1.54) is 35.0 Å². The average Bonchev–Trinajstić information content (AvgIpc) is 2.95. The normalized spacial score (nSPS) is 12.3. The van der Waals surface area contributed by atoms with E-state index in [1.54, 1.807) is 30.3 Å². The van der Waals surface area contributed by atoms with Gasteiger partial charge in [0.15, 0.2) is 0 Å². The first-order valence-electron chi connectivity index (χ1n) is 12.9. The van der Waals surface area contributed by atoms with Crippen molar-refractivity contribution in [2.24, 2.45) is 5.14 Å². The van der Waals surface area contributed by atoms with Gasteiger partial charge in [-0.15, -0.1) is 0 Å². The Morgan fingerprint density at radius 3 is 2.45 bits per heavy atom. The van der Waals surface area contributed by atoms with Crippen LogP contribution in [-0.4, -0.2) is 30.4 Å². The van der Waals surface area contributed by atoms with E-state index in [0.29, 0.717) is 22.3 Å². The van der Waals surface area contributed by atoms with E-state index < -0.39 is 33.5 Å². The zero-order valence-corrected chi connectivity index (χ0v) is 23.2. The van der Waals surface area contributed by atoms with Crippen LogP contribution in [0.25, 0.3) is 22.0 Å². The van der Waals surface area contributed by atoms with Crippen LogP contribution in [0.3, 0.4) is 0 Å². The SMILES string of the molecule is Cc1cc(=O)n(CC(=O)NCC(c2cc(F)cc(F)c2)c2ncccc2-c2cccc(S(N)(=O)=O)c2)c2ccccc12. The van der Waals surface area contributed by atoms with Gasteiger partial charge in [-0.05, 0) is 60.0 Å². The van der Waals surface area contributed by atoms with Gasteiger partial charge in [0.25, 0.3) is 5.56 Å². The van der Waals surface area contributed by atoms with E-state index in [0.717, 1.165) is 29.1 Å². The van der Waals surface area contributed by atoms with Crippen molar-refractivity contribution in [2.45, 2.75) is 24.3 Å². The highest BCUT2D eigenvalue weighted by atomic mass is 32.2. The fourth-order valence-electron chi connectivity index (χ4n) is 5.01. The second-order valence-electron chi connectivity index (χ2n) is 9.84. The molecule has 3 aromatic carbocycles. The number of fused-ring (bicyclic) bond motifs is 1. The summed E-state index contributed by atoms with van der Waals surface area (Å²) in [6, 6.07) is 21.0. The molecule has 0 saturated carbocycles. The molecule has 0 aliphatic carbocycles. The fraction of sp³-hybridized carbons (Fsp3) is 0.129. The third-order valence-corrected chi connectivity index (χ3v) is 7.87. The molecule has 0 radical (unpaired) electrons. The molecule has 8 nitrogen and oxygen atoms in total. The molecule has 0 saturated heterocycles. The lowest BCUT2D eigenvalue weighted by Crippen LogP contribution is -2.35. The fourth-order valence-corrected chi connectivity index (χ4v) is 5.57. The molecule has 2 aromatic heterocycles. The molecule has 1 unspecified atom stereocenters. The number of nitrogens with zero attached hydrogens (tertiary/aromatic N) is 2. The quantitative estimate of drug-likeness (QED) is 0.281. The average molecular weight is 589 g/mol. The van der Waals surface area contributed by atoms with E-state index in [4.69, 9.17) is 5.14 Å². The van der Waals surface area contributed by atoms with Crippen LogP contribution in [0.5, 0.6) is 0 Å². The van der Waals surface area contributed by atoms with Gasteiger partial charge in [0.2, 0.25) is 15.9 Å². The third-order valence-electron chi connectivity index (χ3n) is 6.96. The highest BCUT2D eigenvalue weighted by molar-refractivity contribution is 7.89. The summed E-state index contributed by atoms with van der Waals surface area (Å²) >= 11 is 0. The second kappa shape index (κ2) is 11.6. The highest BCUT2D eigenvalue weighted by Crippen LogP contribution is 2.33. The highest BCUT2D eigenvalue weighted by Gasteiger charge is 2.23. The lowest BCUT2D eigenvalue weighted by atomic mass is 9.89. The number of hydrogen-bond donors (Lipinski definition) is 2. The lowest BCUT2D eigenvalue weighted by Gasteiger charge is -2.21. The number of para-hydroxylation sites is 1. The minimum absolute atomic E-state index is 0.118. The Morgan fingerprint density at radius 2 is 1.71 bits per heavy atom. The van der Waals surface area contributed by atoms with Gasteiger partial charge >= 0.3 is 0 Å². The number of rotatable bonds is 8. The van der Waals surface area contributed by atoms with Crippen LogP contribution < -0.4 is 16.0 Å². The maximum Gasteiger partial charge on any atom is 0.251 e. The van der Waals surface area contributed by atoms with Crippen LogP contribution in [0.15, 0.2) is 101 Å². The topological polar surface area (TPSA) is 124 Å². The number of nitrogens with one attached hydrogen (secondary N) is 1. The summed E-state index contributed by atoms with van der Waals surface area (Å²) < 4.78 is 54.1. The van der Waals surface area contributed by atoms with E-state index in [-0.39, 0.29) is 29.1 Å². The Morgan fingerprint density at radius 1 is 0.976 bits per heavy atom. The summed E-state index contributed by atoms with van der Waals surface area (Å²) in [4.78, 5) is 30.3. The van der Waals surface area contributed by atoms with Gasteiger partial charge in [-0.3, -0.25) is 19.1 Å². The number of hydrogen-bond acceptors (Lipinski definition) is 5. The number of aryl methyl sites for hydroxylation is 1. The number of carbonyl (C=O) groups is 1. The zero-order valence-electron chi connectivity index (χ0n) is 22.4. The third kappa shape index (κ3) is 6.12. The van der Waals surface area contributed by atoms with Gasteiger partial charge in [-0.2, -0.15) is 0 Å². The molecule has 5 rings (SSSR count). The Kier molecular flexibility index (Phi) is 7.97. The van der Waals surface area contributed by atoms with Crippen molar-refractivity contribution in [3.8, 4) is 11.1 Å². The van der Waals surface area contributed by atoms with Crippen molar-refractivity contribution in [1.29, 1.82) is 0 Å². The largest absolute Gasteiger partial charge is 0.354 e. The standard InChI is InChI=1S/C31H26F2N4O4S/c1-19-12-30(39)37(28-10-3-2-8-25(19)28)18-29(38)36-17-27(21-13-22(32)16-23(33)14-21)31-26(9-5-11-35-31)20-6-4-7-24(15-20)42(34,40)41/h2-16,27H,17-18H2,1H3,(H,36,38)(H2,34,40,41). The van der Waals surface area contributed by atoms with E-state index in [1.807, 2.05) is 19.1 Å². The van der Waals surface area contributed by atoms with Crippen LogP contribution in [0.2, 0.25) is 0 Å². The molecular weight excluding hydrogens is 562 g/mol. The number of amides is 1. The summed E-state index contributed by atoms with van der Waals surface area (Å²) in [5, 5.41) is 8.95. The first-order valence-corrected chi connectivity index (χ1v) is 14.5. The van der Waals surface area contributed by atoms with Crippen LogP contribution in [0, 0.1) is 18.6 Å². The molecule has 0 spiro atoms. The van der Waals surface area contributed by atoms with Gasteiger partial charge in [0.1, 0.15) is 18.2 Å². The predicted molar refractivity (Wildman–Crippen MR) is 155 cm³/mol. The summed E-state index contributed by atoms with van der Waals surface area (Å²) in [6.45, 7) is 1.41. The molecular formula is C31H26F2N4O4S. The van der Waals surface area contributed by atoms with Gasteiger partial charge in [0.05, 0.1) is 16.1 Å². The number of sulfonamides is 1. The van der Waals surface area contributed by atoms with Crippen LogP contribution in [0.1, 0.15) is 22.7 Å². The molecule has 0 bridgehead atoms. The second-order valence-corrected chi connectivity index (χ2v) is 11.4. The molecule has 0 fully saturated rings.